The third-order valence-electron chi connectivity index (χ3n) is 3.96. The van der Waals surface area contributed by atoms with Gasteiger partial charge in [0.05, 0.1) is 12.0 Å². The highest BCUT2D eigenvalue weighted by Crippen LogP contribution is 2.19. The molecular weight excluding hydrogens is 266 g/mol. The Morgan fingerprint density at radius 2 is 2.00 bits per heavy atom. The molecule has 2 saturated heterocycles. The van der Waals surface area contributed by atoms with Crippen LogP contribution in [0.5, 0.6) is 0 Å². The van der Waals surface area contributed by atoms with E-state index in [4.69, 9.17) is 0 Å². The third-order valence-corrected chi connectivity index (χ3v) is 3.96. The predicted molar refractivity (Wildman–Crippen MR) is 76.3 cm³/mol. The zero-order valence-electron chi connectivity index (χ0n) is 11.5. The first-order chi connectivity index (χ1) is 8.72. The van der Waals surface area contributed by atoms with Crippen LogP contribution in [0.3, 0.4) is 0 Å². The van der Waals surface area contributed by atoms with Crippen LogP contribution < -0.4 is 10.6 Å². The Kier molecular flexibility index (Phi) is 6.58. The average Bonchev–Trinajstić information content (AvgIpc) is 2.46. The summed E-state index contributed by atoms with van der Waals surface area (Å²) in [6.07, 6.45) is 5.03. The summed E-state index contributed by atoms with van der Waals surface area (Å²) in [5, 5.41) is 5.96. The van der Waals surface area contributed by atoms with Crippen molar-refractivity contribution in [2.75, 3.05) is 26.7 Å². The first kappa shape index (κ1) is 16.2. The van der Waals surface area contributed by atoms with Crippen molar-refractivity contribution < 1.29 is 9.59 Å². The minimum absolute atomic E-state index is 0. The molecule has 2 rings (SSSR count). The topological polar surface area (TPSA) is 61.4 Å². The zero-order valence-corrected chi connectivity index (χ0v) is 12.3. The minimum atomic E-state index is -0.0312. The molecule has 2 aliphatic heterocycles. The fraction of sp³-hybridized carbons (Fsp3) is 0.846. The van der Waals surface area contributed by atoms with Crippen LogP contribution in [0.2, 0.25) is 0 Å². The van der Waals surface area contributed by atoms with Gasteiger partial charge in [0.2, 0.25) is 11.8 Å². The Morgan fingerprint density at radius 3 is 2.63 bits per heavy atom. The van der Waals surface area contributed by atoms with Crippen molar-refractivity contribution >= 4 is 24.2 Å². The van der Waals surface area contributed by atoms with Crippen molar-refractivity contribution in [3.8, 4) is 0 Å². The number of carbonyl (C=O) groups is 2. The van der Waals surface area contributed by atoms with E-state index in [0.29, 0.717) is 6.54 Å². The fourth-order valence-corrected chi connectivity index (χ4v) is 2.88. The van der Waals surface area contributed by atoms with Crippen molar-refractivity contribution in [2.24, 2.45) is 5.92 Å². The molecule has 2 N–H and O–H groups in total. The van der Waals surface area contributed by atoms with Crippen LogP contribution in [0.1, 0.15) is 32.1 Å². The molecule has 6 heteroatoms. The summed E-state index contributed by atoms with van der Waals surface area (Å²) in [4.78, 5) is 25.9. The van der Waals surface area contributed by atoms with Crippen molar-refractivity contribution in [3.63, 3.8) is 0 Å². The lowest BCUT2D eigenvalue weighted by Crippen LogP contribution is -2.52. The number of amides is 2. The number of hydrogen-bond donors (Lipinski definition) is 2. The lowest BCUT2D eigenvalue weighted by molar-refractivity contribution is -0.137. The van der Waals surface area contributed by atoms with Gasteiger partial charge in [-0.15, -0.1) is 12.4 Å². The number of piperidine rings is 2. The molecule has 0 aliphatic carbocycles. The maximum Gasteiger partial charge on any atom is 0.239 e. The van der Waals surface area contributed by atoms with Gasteiger partial charge < -0.3 is 15.5 Å². The maximum atomic E-state index is 12.3. The van der Waals surface area contributed by atoms with E-state index in [1.54, 1.807) is 7.05 Å². The largest absolute Gasteiger partial charge is 0.359 e. The van der Waals surface area contributed by atoms with Gasteiger partial charge in [-0.3, -0.25) is 9.59 Å². The number of hydrogen-bond acceptors (Lipinski definition) is 3. The molecule has 0 aromatic carbocycles. The molecule has 2 amide bonds. The van der Waals surface area contributed by atoms with E-state index in [0.717, 1.165) is 45.2 Å². The van der Waals surface area contributed by atoms with Crippen molar-refractivity contribution in [2.45, 2.75) is 38.1 Å². The minimum Gasteiger partial charge on any atom is -0.359 e. The molecular formula is C13H24ClN3O2. The van der Waals surface area contributed by atoms with Gasteiger partial charge >= 0.3 is 0 Å². The number of halogens is 1. The zero-order chi connectivity index (χ0) is 13.0. The maximum absolute atomic E-state index is 12.3. The van der Waals surface area contributed by atoms with Crippen LogP contribution in [0, 0.1) is 5.92 Å². The van der Waals surface area contributed by atoms with Crippen molar-refractivity contribution in [1.29, 1.82) is 0 Å². The third kappa shape index (κ3) is 4.08. The Labute approximate surface area is 120 Å². The summed E-state index contributed by atoms with van der Waals surface area (Å²) in [5.41, 5.74) is 0. The standard InChI is InChI=1S/C13H23N3O2.ClH/c1-14-12(17)10-5-4-8-16(9-10)13(18)11-6-2-3-7-15-11;/h10-11,15H,2-9H2,1H3,(H,14,17);1H/t10?,11-;/m1./s1. The molecule has 0 aromatic heterocycles. The van der Waals surface area contributed by atoms with Gasteiger partial charge in [0.1, 0.15) is 0 Å². The summed E-state index contributed by atoms with van der Waals surface area (Å²) >= 11 is 0. The molecule has 5 nitrogen and oxygen atoms in total. The molecule has 0 bridgehead atoms. The second-order valence-corrected chi connectivity index (χ2v) is 5.24. The number of nitrogens with zero attached hydrogens (tertiary/aromatic N) is 1. The molecule has 2 aliphatic rings. The van der Waals surface area contributed by atoms with Crippen molar-refractivity contribution in [1.82, 2.24) is 15.5 Å². The molecule has 0 radical (unpaired) electrons. The molecule has 19 heavy (non-hydrogen) atoms. The first-order valence-electron chi connectivity index (χ1n) is 6.96. The molecule has 2 heterocycles. The van der Waals surface area contributed by atoms with E-state index in [1.165, 1.54) is 0 Å². The Balaban J connectivity index is 0.00000180. The SMILES string of the molecule is CNC(=O)C1CCCN(C(=O)[C@H]2CCCCN2)C1.Cl. The van der Waals surface area contributed by atoms with Crippen molar-refractivity contribution in [3.05, 3.63) is 0 Å². The van der Waals surface area contributed by atoms with Gasteiger partial charge in [0.15, 0.2) is 0 Å². The normalized spacial score (nSPS) is 27.3. The number of likely N-dealkylation sites (tertiary alicyclic amines) is 1. The smallest absolute Gasteiger partial charge is 0.239 e. The van der Waals surface area contributed by atoms with E-state index >= 15 is 0 Å². The Bertz CT molecular complexity index is 319. The highest BCUT2D eigenvalue weighted by atomic mass is 35.5. The van der Waals surface area contributed by atoms with Crippen LogP contribution in [0.4, 0.5) is 0 Å². The van der Waals surface area contributed by atoms with E-state index < -0.39 is 0 Å². The predicted octanol–water partition coefficient (Wildman–Crippen LogP) is 0.535. The van der Waals surface area contributed by atoms with Crippen LogP contribution >= 0.6 is 12.4 Å². The van der Waals surface area contributed by atoms with Gasteiger partial charge in [-0.05, 0) is 32.2 Å². The highest BCUT2D eigenvalue weighted by Gasteiger charge is 2.31. The fourth-order valence-electron chi connectivity index (χ4n) is 2.88. The molecule has 0 spiro atoms. The van der Waals surface area contributed by atoms with Crippen LogP contribution in [-0.4, -0.2) is 49.4 Å². The molecule has 0 saturated carbocycles. The number of nitrogens with one attached hydrogen (secondary N) is 2. The molecule has 2 atom stereocenters. The summed E-state index contributed by atoms with van der Waals surface area (Å²) in [6.45, 7) is 2.31. The summed E-state index contributed by atoms with van der Waals surface area (Å²) in [6, 6.07) is -0.0258. The van der Waals surface area contributed by atoms with E-state index in [2.05, 4.69) is 10.6 Å². The second-order valence-electron chi connectivity index (χ2n) is 5.24. The summed E-state index contributed by atoms with van der Waals surface area (Å²) in [7, 11) is 1.66. The van der Waals surface area contributed by atoms with Crippen LogP contribution in [0.25, 0.3) is 0 Å². The van der Waals surface area contributed by atoms with E-state index in [9.17, 15) is 9.59 Å². The van der Waals surface area contributed by atoms with Gasteiger partial charge in [-0.2, -0.15) is 0 Å². The van der Waals surface area contributed by atoms with E-state index in [-0.39, 0.29) is 36.2 Å². The highest BCUT2D eigenvalue weighted by molar-refractivity contribution is 5.85. The Hall–Kier alpha value is -0.810. The van der Waals surface area contributed by atoms with Crippen LogP contribution in [-0.2, 0) is 9.59 Å². The van der Waals surface area contributed by atoms with Gasteiger partial charge in [0.25, 0.3) is 0 Å². The second kappa shape index (κ2) is 7.70. The lowest BCUT2D eigenvalue weighted by Gasteiger charge is -2.35. The monoisotopic (exact) mass is 289 g/mol. The summed E-state index contributed by atoms with van der Waals surface area (Å²) in [5.74, 6) is 0.212. The quantitative estimate of drug-likeness (QED) is 0.780. The molecule has 1 unspecified atom stereocenters. The van der Waals surface area contributed by atoms with Gasteiger partial charge in [-0.1, -0.05) is 6.42 Å². The number of rotatable bonds is 2. The summed E-state index contributed by atoms with van der Waals surface area (Å²) < 4.78 is 0. The first-order valence-corrected chi connectivity index (χ1v) is 6.96. The molecule has 110 valence electrons. The lowest BCUT2D eigenvalue weighted by atomic mass is 9.95. The molecule has 2 fully saturated rings. The van der Waals surface area contributed by atoms with Crippen LogP contribution in [0.15, 0.2) is 0 Å². The van der Waals surface area contributed by atoms with E-state index in [1.807, 2.05) is 4.90 Å². The Morgan fingerprint density at radius 1 is 1.21 bits per heavy atom. The number of carbonyl (C=O) groups excluding carboxylic acids is 2. The van der Waals surface area contributed by atoms with Gasteiger partial charge in [0, 0.05) is 20.1 Å². The average molecular weight is 290 g/mol. The molecule has 0 aromatic rings. The van der Waals surface area contributed by atoms with Gasteiger partial charge in [-0.25, -0.2) is 0 Å².